The van der Waals surface area contributed by atoms with Crippen LogP contribution in [0.15, 0.2) is 6.07 Å². The van der Waals surface area contributed by atoms with Gasteiger partial charge in [0.25, 0.3) is 0 Å². The predicted octanol–water partition coefficient (Wildman–Crippen LogP) is 2.48. The van der Waals surface area contributed by atoms with E-state index in [-0.39, 0.29) is 6.61 Å². The molecule has 0 bridgehead atoms. The van der Waals surface area contributed by atoms with E-state index in [1.54, 1.807) is 14.0 Å². The Labute approximate surface area is 119 Å². The van der Waals surface area contributed by atoms with Crippen LogP contribution in [0.25, 0.3) is 0 Å². The molecule has 0 heterocycles. The number of benzene rings is 1. The summed E-state index contributed by atoms with van der Waals surface area (Å²) in [5.74, 6) is -0.0478. The second-order valence-electron chi connectivity index (χ2n) is 5.12. The van der Waals surface area contributed by atoms with Gasteiger partial charge < -0.3 is 14.6 Å². The topological polar surface area (TPSA) is 55.8 Å². The first kappa shape index (κ1) is 14.9. The molecule has 1 atom stereocenters. The van der Waals surface area contributed by atoms with Crippen molar-refractivity contribution >= 4 is 5.97 Å². The van der Waals surface area contributed by atoms with Gasteiger partial charge in [-0.25, -0.2) is 4.79 Å². The molecule has 20 heavy (non-hydrogen) atoms. The minimum Gasteiger partial charge on any atom is -0.496 e. The second kappa shape index (κ2) is 6.27. The lowest BCUT2D eigenvalue weighted by atomic mass is 9.84. The minimum absolute atomic E-state index is 0.252. The van der Waals surface area contributed by atoms with E-state index in [1.807, 2.05) is 13.0 Å². The Morgan fingerprint density at radius 3 is 2.75 bits per heavy atom. The fourth-order valence-electron chi connectivity index (χ4n) is 2.95. The van der Waals surface area contributed by atoms with Gasteiger partial charge in [-0.05, 0) is 62.3 Å². The fourth-order valence-corrected chi connectivity index (χ4v) is 2.95. The Balaban J connectivity index is 2.48. The highest BCUT2D eigenvalue weighted by atomic mass is 16.5. The average molecular weight is 278 g/mol. The van der Waals surface area contributed by atoms with Crippen molar-refractivity contribution in [3.63, 3.8) is 0 Å². The monoisotopic (exact) mass is 278 g/mol. The molecule has 1 aliphatic rings. The summed E-state index contributed by atoms with van der Waals surface area (Å²) in [4.78, 5) is 11.8. The number of fused-ring (bicyclic) bond motifs is 1. The zero-order valence-corrected chi connectivity index (χ0v) is 12.4. The van der Waals surface area contributed by atoms with E-state index < -0.39 is 12.1 Å². The molecule has 0 spiro atoms. The maximum atomic E-state index is 11.8. The molecule has 2 rings (SSSR count). The van der Waals surface area contributed by atoms with E-state index in [1.165, 1.54) is 17.5 Å². The molecule has 1 aromatic rings. The number of aliphatic hydroxyl groups is 1. The molecular weight excluding hydrogens is 256 g/mol. The Hall–Kier alpha value is -1.55. The van der Waals surface area contributed by atoms with Crippen LogP contribution in [0.3, 0.4) is 0 Å². The minimum atomic E-state index is -1.28. The zero-order valence-electron chi connectivity index (χ0n) is 12.4. The standard InChI is InChI=1S/C16H22O4/c1-4-20-16(18)15(17)14-10(2)12-8-6-5-7-11(12)9-13(14)19-3/h9,15,17H,4-8H2,1-3H3. The van der Waals surface area contributed by atoms with E-state index >= 15 is 0 Å². The van der Waals surface area contributed by atoms with Gasteiger partial charge in [-0.1, -0.05) is 0 Å². The first-order valence-electron chi connectivity index (χ1n) is 7.14. The molecule has 0 radical (unpaired) electrons. The number of hydrogen-bond donors (Lipinski definition) is 1. The Morgan fingerprint density at radius 2 is 2.10 bits per heavy atom. The molecule has 0 saturated carbocycles. The van der Waals surface area contributed by atoms with Crippen molar-refractivity contribution in [1.29, 1.82) is 0 Å². The zero-order chi connectivity index (χ0) is 14.7. The number of carbonyl (C=O) groups is 1. The van der Waals surface area contributed by atoms with Crippen molar-refractivity contribution < 1.29 is 19.4 Å². The van der Waals surface area contributed by atoms with Crippen LogP contribution in [0, 0.1) is 6.92 Å². The van der Waals surface area contributed by atoms with Crippen LogP contribution < -0.4 is 4.74 Å². The number of aliphatic hydroxyl groups excluding tert-OH is 1. The van der Waals surface area contributed by atoms with Crippen molar-refractivity contribution in [3.8, 4) is 5.75 Å². The number of ether oxygens (including phenoxy) is 2. The molecule has 4 heteroatoms. The van der Waals surface area contributed by atoms with Crippen molar-refractivity contribution in [2.45, 2.75) is 45.6 Å². The van der Waals surface area contributed by atoms with Crippen molar-refractivity contribution in [2.75, 3.05) is 13.7 Å². The van der Waals surface area contributed by atoms with E-state index in [0.717, 1.165) is 24.8 Å². The number of rotatable bonds is 4. The molecule has 1 unspecified atom stereocenters. The summed E-state index contributed by atoms with van der Waals surface area (Å²) in [5.41, 5.74) is 4.02. The Kier molecular flexibility index (Phi) is 4.65. The van der Waals surface area contributed by atoms with Crippen LogP contribution in [-0.2, 0) is 22.4 Å². The molecule has 1 aromatic carbocycles. The third-order valence-corrected chi connectivity index (χ3v) is 3.94. The lowest BCUT2D eigenvalue weighted by Crippen LogP contribution is -2.19. The van der Waals surface area contributed by atoms with Crippen LogP contribution in [-0.4, -0.2) is 24.8 Å². The maximum Gasteiger partial charge on any atom is 0.339 e. The summed E-state index contributed by atoms with van der Waals surface area (Å²) in [5, 5.41) is 10.3. The molecule has 0 saturated heterocycles. The summed E-state index contributed by atoms with van der Waals surface area (Å²) in [7, 11) is 1.56. The Bertz CT molecular complexity index is 508. The second-order valence-corrected chi connectivity index (χ2v) is 5.12. The lowest BCUT2D eigenvalue weighted by molar-refractivity contribution is -0.153. The highest BCUT2D eigenvalue weighted by molar-refractivity contribution is 5.78. The molecule has 1 aliphatic carbocycles. The summed E-state index contributed by atoms with van der Waals surface area (Å²) in [6, 6.07) is 1.96. The van der Waals surface area contributed by atoms with Gasteiger partial charge in [-0.2, -0.15) is 0 Å². The van der Waals surface area contributed by atoms with Crippen LogP contribution in [0.1, 0.15) is 48.1 Å². The van der Waals surface area contributed by atoms with Gasteiger partial charge in [-0.15, -0.1) is 0 Å². The number of esters is 1. The van der Waals surface area contributed by atoms with E-state index in [9.17, 15) is 9.90 Å². The van der Waals surface area contributed by atoms with Gasteiger partial charge in [0.1, 0.15) is 5.75 Å². The summed E-state index contributed by atoms with van der Waals surface area (Å²) in [6.07, 6.45) is 3.07. The molecule has 0 aromatic heterocycles. The Morgan fingerprint density at radius 1 is 1.40 bits per heavy atom. The van der Waals surface area contributed by atoms with E-state index in [2.05, 4.69) is 0 Å². The SMILES string of the molecule is CCOC(=O)C(O)c1c(OC)cc2c(c1C)CCCC2. The smallest absolute Gasteiger partial charge is 0.339 e. The predicted molar refractivity (Wildman–Crippen MR) is 76.0 cm³/mol. The van der Waals surface area contributed by atoms with E-state index in [4.69, 9.17) is 9.47 Å². The van der Waals surface area contributed by atoms with Crippen LogP contribution >= 0.6 is 0 Å². The van der Waals surface area contributed by atoms with Gasteiger partial charge in [-0.3, -0.25) is 0 Å². The maximum absolute atomic E-state index is 11.8. The third-order valence-electron chi connectivity index (χ3n) is 3.94. The van der Waals surface area contributed by atoms with Crippen LogP contribution in [0.4, 0.5) is 0 Å². The first-order valence-corrected chi connectivity index (χ1v) is 7.14. The lowest BCUT2D eigenvalue weighted by Gasteiger charge is -2.24. The van der Waals surface area contributed by atoms with Crippen molar-refractivity contribution in [3.05, 3.63) is 28.3 Å². The molecule has 0 amide bonds. The van der Waals surface area contributed by atoms with Crippen LogP contribution in [0.5, 0.6) is 5.75 Å². The molecule has 0 aliphatic heterocycles. The first-order chi connectivity index (χ1) is 9.60. The van der Waals surface area contributed by atoms with Crippen LogP contribution in [0.2, 0.25) is 0 Å². The number of hydrogen-bond acceptors (Lipinski definition) is 4. The van der Waals surface area contributed by atoms with Gasteiger partial charge in [0.15, 0.2) is 6.10 Å². The number of methoxy groups -OCH3 is 1. The van der Waals surface area contributed by atoms with Crippen molar-refractivity contribution in [1.82, 2.24) is 0 Å². The summed E-state index contributed by atoms with van der Waals surface area (Å²) >= 11 is 0. The summed E-state index contributed by atoms with van der Waals surface area (Å²) < 4.78 is 10.3. The normalized spacial score (nSPS) is 15.4. The summed E-state index contributed by atoms with van der Waals surface area (Å²) in [6.45, 7) is 3.92. The molecule has 110 valence electrons. The van der Waals surface area contributed by atoms with Gasteiger partial charge >= 0.3 is 5.97 Å². The molecule has 1 N–H and O–H groups in total. The number of aryl methyl sites for hydroxylation is 1. The highest BCUT2D eigenvalue weighted by Gasteiger charge is 2.27. The molecular formula is C16H22O4. The molecule has 0 fully saturated rings. The van der Waals surface area contributed by atoms with Gasteiger partial charge in [0.05, 0.1) is 13.7 Å². The third kappa shape index (κ3) is 2.66. The highest BCUT2D eigenvalue weighted by Crippen LogP contribution is 2.36. The van der Waals surface area contributed by atoms with Crippen molar-refractivity contribution in [2.24, 2.45) is 0 Å². The fraction of sp³-hybridized carbons (Fsp3) is 0.562. The number of carbonyl (C=O) groups excluding carboxylic acids is 1. The van der Waals surface area contributed by atoms with Gasteiger partial charge in [0, 0.05) is 5.56 Å². The largest absolute Gasteiger partial charge is 0.496 e. The van der Waals surface area contributed by atoms with Gasteiger partial charge in [0.2, 0.25) is 0 Å². The van der Waals surface area contributed by atoms with E-state index in [0.29, 0.717) is 11.3 Å². The average Bonchev–Trinajstić information content (AvgIpc) is 2.46. The quantitative estimate of drug-likeness (QED) is 0.860. The molecule has 4 nitrogen and oxygen atoms in total.